The van der Waals surface area contributed by atoms with Gasteiger partial charge in [-0.15, -0.1) is 0 Å². The molecule has 0 saturated heterocycles. The molecule has 0 spiro atoms. The second-order valence-corrected chi connectivity index (χ2v) is 8.55. The van der Waals surface area contributed by atoms with Crippen LogP contribution in [0.3, 0.4) is 0 Å². The van der Waals surface area contributed by atoms with Crippen molar-refractivity contribution in [2.45, 2.75) is 60.3 Å². The molecule has 0 saturated carbocycles. The molecular formula is C27H35NO4. The summed E-state index contributed by atoms with van der Waals surface area (Å²) >= 11 is 0. The summed E-state index contributed by atoms with van der Waals surface area (Å²) in [6.45, 7) is 10.1. The smallest absolute Gasteiger partial charge is 0.319 e. The lowest BCUT2D eigenvalue weighted by Gasteiger charge is -2.26. The molecule has 1 amide bonds. The van der Waals surface area contributed by atoms with E-state index in [-0.39, 0.29) is 6.42 Å². The Morgan fingerprint density at radius 3 is 2.31 bits per heavy atom. The van der Waals surface area contributed by atoms with Crippen LogP contribution in [0.15, 0.2) is 48.5 Å². The zero-order chi connectivity index (χ0) is 23.7. The summed E-state index contributed by atoms with van der Waals surface area (Å²) < 4.78 is 5.98. The Bertz CT molecular complexity index is 947. The largest absolute Gasteiger partial charge is 0.480 e. The molecule has 172 valence electrons. The average Bonchev–Trinajstić information content (AvgIpc) is 2.76. The number of nitrogens with one attached hydrogen (secondary N) is 1. The van der Waals surface area contributed by atoms with Gasteiger partial charge in [0.1, 0.15) is 16.9 Å². The van der Waals surface area contributed by atoms with Crippen LogP contribution in [-0.2, 0) is 9.59 Å². The number of benzene rings is 2. The third-order valence-electron chi connectivity index (χ3n) is 5.66. The quantitative estimate of drug-likeness (QED) is 0.369. The first kappa shape index (κ1) is 25.2. The van der Waals surface area contributed by atoms with Crippen LogP contribution in [0.2, 0.25) is 0 Å². The van der Waals surface area contributed by atoms with Gasteiger partial charge in [0.15, 0.2) is 0 Å². The highest BCUT2D eigenvalue weighted by Gasteiger charge is 2.43. The van der Waals surface area contributed by atoms with Crippen molar-refractivity contribution in [3.63, 3.8) is 0 Å². The van der Waals surface area contributed by atoms with Crippen LogP contribution >= 0.6 is 0 Å². The number of carbonyl (C=O) groups excluding carboxylic acids is 1. The summed E-state index contributed by atoms with van der Waals surface area (Å²) in [5.41, 5.74) is 1.42. The number of hydrogen-bond acceptors (Lipinski definition) is 3. The Morgan fingerprint density at radius 2 is 1.75 bits per heavy atom. The van der Waals surface area contributed by atoms with Crippen molar-refractivity contribution in [3.8, 4) is 11.5 Å². The molecule has 1 unspecified atom stereocenters. The first-order valence-corrected chi connectivity index (χ1v) is 11.3. The monoisotopic (exact) mass is 437 g/mol. The van der Waals surface area contributed by atoms with Gasteiger partial charge in [-0.3, -0.25) is 9.59 Å². The minimum Gasteiger partial charge on any atom is -0.480 e. The third kappa shape index (κ3) is 6.46. The first-order chi connectivity index (χ1) is 15.2. The van der Waals surface area contributed by atoms with Crippen molar-refractivity contribution in [2.75, 3.05) is 5.32 Å². The molecule has 0 aliphatic rings. The van der Waals surface area contributed by atoms with E-state index in [2.05, 4.69) is 38.2 Å². The molecule has 0 bridgehead atoms. The van der Waals surface area contributed by atoms with Crippen molar-refractivity contribution in [3.05, 3.63) is 59.7 Å². The highest BCUT2D eigenvalue weighted by atomic mass is 16.5. The number of ether oxygens (including phenoxy) is 1. The van der Waals surface area contributed by atoms with Gasteiger partial charge in [0.25, 0.3) is 0 Å². The minimum absolute atomic E-state index is 0.246. The fourth-order valence-electron chi connectivity index (χ4n) is 3.44. The second-order valence-electron chi connectivity index (χ2n) is 8.55. The molecule has 2 aromatic carbocycles. The molecule has 5 nitrogen and oxygen atoms in total. The van der Waals surface area contributed by atoms with E-state index in [1.54, 1.807) is 31.2 Å². The predicted molar refractivity (Wildman–Crippen MR) is 130 cm³/mol. The Morgan fingerprint density at radius 1 is 1.09 bits per heavy atom. The van der Waals surface area contributed by atoms with E-state index in [0.717, 1.165) is 17.7 Å². The minimum atomic E-state index is -1.41. The fourth-order valence-corrected chi connectivity index (χ4v) is 3.44. The number of carboxylic acids is 1. The second kappa shape index (κ2) is 11.5. The van der Waals surface area contributed by atoms with Crippen molar-refractivity contribution in [2.24, 2.45) is 11.3 Å². The van der Waals surface area contributed by atoms with E-state index in [1.807, 2.05) is 25.1 Å². The van der Waals surface area contributed by atoms with Gasteiger partial charge < -0.3 is 15.2 Å². The maximum Gasteiger partial charge on any atom is 0.319 e. The number of amides is 1. The number of aryl methyl sites for hydroxylation is 1. The number of hydrogen-bond donors (Lipinski definition) is 2. The van der Waals surface area contributed by atoms with Gasteiger partial charge >= 0.3 is 5.97 Å². The number of allylic oxidation sites excluding steroid dienone is 1. The van der Waals surface area contributed by atoms with Gasteiger partial charge in [0.2, 0.25) is 5.91 Å². The highest BCUT2D eigenvalue weighted by molar-refractivity contribution is 6.08. The molecule has 32 heavy (non-hydrogen) atoms. The van der Waals surface area contributed by atoms with Gasteiger partial charge in [0.05, 0.1) is 0 Å². The van der Waals surface area contributed by atoms with Crippen molar-refractivity contribution in [1.29, 1.82) is 0 Å². The highest BCUT2D eigenvalue weighted by Crippen LogP contribution is 2.32. The van der Waals surface area contributed by atoms with Crippen molar-refractivity contribution < 1.29 is 19.4 Å². The van der Waals surface area contributed by atoms with E-state index in [0.29, 0.717) is 30.2 Å². The molecule has 0 aliphatic carbocycles. The maximum atomic E-state index is 12.8. The molecule has 0 aliphatic heterocycles. The average molecular weight is 438 g/mol. The summed E-state index contributed by atoms with van der Waals surface area (Å²) in [5.74, 6) is 0.279. The number of carbonyl (C=O) groups is 2. The Balaban J connectivity index is 2.12. The predicted octanol–water partition coefficient (Wildman–Crippen LogP) is 7.07. The molecular weight excluding hydrogens is 402 g/mol. The van der Waals surface area contributed by atoms with Gasteiger partial charge in [-0.25, -0.2) is 0 Å². The summed E-state index contributed by atoms with van der Waals surface area (Å²) in [6, 6.07) is 12.9. The number of aliphatic carboxylic acids is 1. The van der Waals surface area contributed by atoms with Crippen LogP contribution < -0.4 is 10.1 Å². The summed E-state index contributed by atoms with van der Waals surface area (Å²) in [7, 11) is 0. The Hall–Kier alpha value is -3.08. The van der Waals surface area contributed by atoms with Crippen LogP contribution in [0, 0.1) is 18.3 Å². The van der Waals surface area contributed by atoms with E-state index < -0.39 is 17.3 Å². The fraction of sp³-hybridized carbons (Fsp3) is 0.407. The maximum absolute atomic E-state index is 12.8. The number of unbranched alkanes of at least 4 members (excludes halogenated alkanes) is 1. The standard InChI is InChI=1S/C27H35NO4/c1-6-8-17-27(7-2,26(30)31)25(29)28-22-12-15-23(16-13-22)32-24-14-10-20(5)21(18-24)11-9-19(3)4/h9-16,18-19H,6-8,17H2,1-5H3,(H,28,29)(H,30,31)/b11-9-. The molecule has 0 radical (unpaired) electrons. The molecule has 2 rings (SSSR count). The molecule has 1 atom stereocenters. The molecule has 5 heteroatoms. The molecule has 2 N–H and O–H groups in total. The number of rotatable bonds is 11. The van der Waals surface area contributed by atoms with Crippen molar-refractivity contribution in [1.82, 2.24) is 0 Å². The van der Waals surface area contributed by atoms with E-state index in [1.165, 1.54) is 5.56 Å². The Labute approximate surface area is 191 Å². The summed E-state index contributed by atoms with van der Waals surface area (Å²) in [4.78, 5) is 24.7. The van der Waals surface area contributed by atoms with Crippen LogP contribution in [-0.4, -0.2) is 17.0 Å². The van der Waals surface area contributed by atoms with E-state index in [9.17, 15) is 14.7 Å². The third-order valence-corrected chi connectivity index (χ3v) is 5.66. The van der Waals surface area contributed by atoms with E-state index >= 15 is 0 Å². The van der Waals surface area contributed by atoms with Gasteiger partial charge in [-0.2, -0.15) is 0 Å². The van der Waals surface area contributed by atoms with Crippen LogP contribution in [0.4, 0.5) is 5.69 Å². The molecule has 0 heterocycles. The summed E-state index contributed by atoms with van der Waals surface area (Å²) in [5, 5.41) is 12.5. The van der Waals surface area contributed by atoms with Crippen LogP contribution in [0.5, 0.6) is 11.5 Å². The van der Waals surface area contributed by atoms with Gasteiger partial charge in [-0.1, -0.05) is 58.8 Å². The molecule has 2 aromatic rings. The lowest BCUT2D eigenvalue weighted by Crippen LogP contribution is -2.42. The summed E-state index contributed by atoms with van der Waals surface area (Å²) in [6.07, 6.45) is 6.34. The van der Waals surface area contributed by atoms with Gasteiger partial charge in [-0.05, 0) is 73.2 Å². The van der Waals surface area contributed by atoms with Crippen LogP contribution in [0.25, 0.3) is 6.08 Å². The van der Waals surface area contributed by atoms with E-state index in [4.69, 9.17) is 4.74 Å². The van der Waals surface area contributed by atoms with Gasteiger partial charge in [0, 0.05) is 5.69 Å². The van der Waals surface area contributed by atoms with Crippen LogP contribution in [0.1, 0.15) is 64.5 Å². The normalized spacial score (nSPS) is 13.2. The number of anilines is 1. The zero-order valence-electron chi connectivity index (χ0n) is 19.8. The molecule has 0 fully saturated rings. The first-order valence-electron chi connectivity index (χ1n) is 11.3. The lowest BCUT2D eigenvalue weighted by molar-refractivity contribution is -0.154. The Kier molecular flexibility index (Phi) is 9.06. The SMILES string of the molecule is CCCCC(CC)(C(=O)O)C(=O)Nc1ccc(Oc2ccc(C)c(/C=C\C(C)C)c2)cc1. The topological polar surface area (TPSA) is 75.6 Å². The zero-order valence-corrected chi connectivity index (χ0v) is 19.8. The number of carboxylic acid groups (broad SMARTS) is 1. The molecule has 0 aromatic heterocycles. The van der Waals surface area contributed by atoms with Crippen molar-refractivity contribution >= 4 is 23.6 Å². The lowest BCUT2D eigenvalue weighted by atomic mass is 9.79.